The van der Waals surface area contributed by atoms with Gasteiger partial charge < -0.3 is 5.73 Å². The van der Waals surface area contributed by atoms with E-state index >= 15 is 0 Å². The number of sulfonamides is 1. The van der Waals surface area contributed by atoms with E-state index in [1.54, 1.807) is 4.72 Å². The molecular weight excluding hydrogens is 466 g/mol. The molecule has 1 aliphatic carbocycles. The SMILES string of the molecule is Cc1cc(C)c(C)c(C)c1C.N[C@@H]1CCCC[C@H]1NS(=O)(=O)C(F)(F)F.[Ru]. The Bertz CT molecular complexity index is 711. The van der Waals surface area contributed by atoms with E-state index in [2.05, 4.69) is 40.7 Å². The molecule has 0 heterocycles. The minimum atomic E-state index is -5.26. The molecule has 1 saturated carbocycles. The number of halogens is 3. The van der Waals surface area contributed by atoms with Gasteiger partial charge in [0, 0.05) is 31.6 Å². The minimum absolute atomic E-state index is 0. The van der Waals surface area contributed by atoms with Crippen LogP contribution in [0.15, 0.2) is 6.07 Å². The van der Waals surface area contributed by atoms with Crippen LogP contribution in [0.5, 0.6) is 0 Å². The number of aryl methyl sites for hydroxylation is 2. The number of hydrogen-bond acceptors (Lipinski definition) is 3. The van der Waals surface area contributed by atoms with Gasteiger partial charge in [0.1, 0.15) is 0 Å². The molecule has 0 aliphatic heterocycles. The van der Waals surface area contributed by atoms with Crippen LogP contribution in [0.4, 0.5) is 13.2 Å². The van der Waals surface area contributed by atoms with Crippen molar-refractivity contribution >= 4 is 10.0 Å². The standard InChI is InChI=1S/C11H16.C7H13F3N2O2S.Ru/c1-7-6-8(2)10(4)11(5)9(7)3;8-7(9,10)15(13,14)12-6-4-2-1-3-5(6)11;/h6H,1-5H3;5-6,12H,1-4,11H2;/t;5-,6-;/m.1./s1. The zero-order valence-electron chi connectivity index (χ0n) is 16.4. The number of benzene rings is 1. The Balaban J connectivity index is 0.000000504. The van der Waals surface area contributed by atoms with Gasteiger partial charge in [-0.2, -0.15) is 13.2 Å². The van der Waals surface area contributed by atoms with E-state index in [9.17, 15) is 21.6 Å². The van der Waals surface area contributed by atoms with Crippen molar-refractivity contribution in [2.75, 3.05) is 0 Å². The van der Waals surface area contributed by atoms with Gasteiger partial charge in [0.25, 0.3) is 0 Å². The van der Waals surface area contributed by atoms with Gasteiger partial charge in [0.2, 0.25) is 0 Å². The first-order chi connectivity index (χ1) is 11.8. The first-order valence-corrected chi connectivity index (χ1v) is 10.1. The van der Waals surface area contributed by atoms with Gasteiger partial charge in [-0.15, -0.1) is 0 Å². The van der Waals surface area contributed by atoms with Crippen LogP contribution in [-0.2, 0) is 29.5 Å². The fourth-order valence-electron chi connectivity index (χ4n) is 2.99. The van der Waals surface area contributed by atoms with Crippen molar-refractivity contribution in [1.82, 2.24) is 4.72 Å². The summed E-state index contributed by atoms with van der Waals surface area (Å²) in [7, 11) is -5.26. The molecule has 4 nitrogen and oxygen atoms in total. The van der Waals surface area contributed by atoms with Crippen molar-refractivity contribution in [3.8, 4) is 0 Å². The Morgan fingerprint density at radius 2 is 1.41 bits per heavy atom. The average Bonchev–Trinajstić information content (AvgIpc) is 2.53. The number of rotatable bonds is 2. The van der Waals surface area contributed by atoms with Gasteiger partial charge in [-0.05, 0) is 75.3 Å². The van der Waals surface area contributed by atoms with Crippen LogP contribution < -0.4 is 10.5 Å². The summed E-state index contributed by atoms with van der Waals surface area (Å²) >= 11 is 0. The van der Waals surface area contributed by atoms with Crippen molar-refractivity contribution in [3.63, 3.8) is 0 Å². The van der Waals surface area contributed by atoms with Gasteiger partial charge in [-0.25, -0.2) is 13.1 Å². The van der Waals surface area contributed by atoms with Gasteiger partial charge >= 0.3 is 15.5 Å². The Labute approximate surface area is 173 Å². The predicted octanol–water partition coefficient (Wildman–Crippen LogP) is 3.92. The van der Waals surface area contributed by atoms with E-state index in [0.29, 0.717) is 19.3 Å². The van der Waals surface area contributed by atoms with Crippen LogP contribution in [-0.4, -0.2) is 26.0 Å². The number of nitrogens with two attached hydrogens (primary N) is 1. The Hall–Kier alpha value is -0.497. The summed E-state index contributed by atoms with van der Waals surface area (Å²) in [5.74, 6) is 0. The van der Waals surface area contributed by atoms with E-state index in [0.717, 1.165) is 6.42 Å². The molecule has 158 valence electrons. The van der Waals surface area contributed by atoms with Gasteiger partial charge in [0.15, 0.2) is 0 Å². The summed E-state index contributed by atoms with van der Waals surface area (Å²) in [5, 5.41) is 0. The van der Waals surface area contributed by atoms with Crippen LogP contribution >= 0.6 is 0 Å². The van der Waals surface area contributed by atoms with E-state index < -0.39 is 27.6 Å². The fraction of sp³-hybridized carbons (Fsp3) is 0.667. The van der Waals surface area contributed by atoms with Crippen molar-refractivity contribution in [2.24, 2.45) is 5.73 Å². The smallest absolute Gasteiger partial charge is 0.326 e. The van der Waals surface area contributed by atoms with Crippen molar-refractivity contribution in [2.45, 2.75) is 77.9 Å². The van der Waals surface area contributed by atoms with Crippen LogP contribution in [0.25, 0.3) is 0 Å². The number of alkyl halides is 3. The fourth-order valence-corrected chi connectivity index (χ4v) is 3.81. The summed E-state index contributed by atoms with van der Waals surface area (Å²) in [6.07, 6.45) is 2.42. The molecule has 1 aromatic carbocycles. The van der Waals surface area contributed by atoms with Gasteiger partial charge in [-0.3, -0.25) is 0 Å². The molecule has 1 fully saturated rings. The average molecular weight is 496 g/mol. The topological polar surface area (TPSA) is 72.2 Å². The van der Waals surface area contributed by atoms with Crippen LogP contribution in [0.2, 0.25) is 0 Å². The largest absolute Gasteiger partial charge is 0.511 e. The summed E-state index contributed by atoms with van der Waals surface area (Å²) < 4.78 is 59.2. The molecule has 2 rings (SSSR count). The van der Waals surface area contributed by atoms with E-state index in [1.165, 1.54) is 27.8 Å². The molecule has 3 N–H and O–H groups in total. The summed E-state index contributed by atoms with van der Waals surface area (Å²) in [5.41, 5.74) is 7.41. The third-order valence-electron chi connectivity index (χ3n) is 5.17. The van der Waals surface area contributed by atoms with Crippen molar-refractivity contribution in [3.05, 3.63) is 33.9 Å². The molecule has 0 radical (unpaired) electrons. The van der Waals surface area contributed by atoms with Crippen LogP contribution in [0.1, 0.15) is 53.5 Å². The van der Waals surface area contributed by atoms with E-state index in [-0.39, 0.29) is 19.5 Å². The maximum Gasteiger partial charge on any atom is 0.511 e. The maximum atomic E-state index is 12.0. The van der Waals surface area contributed by atoms with Gasteiger partial charge in [-0.1, -0.05) is 18.9 Å². The zero-order valence-corrected chi connectivity index (χ0v) is 18.9. The van der Waals surface area contributed by atoms with Crippen LogP contribution in [0.3, 0.4) is 0 Å². The molecule has 0 aromatic heterocycles. The number of nitrogens with one attached hydrogen (secondary N) is 1. The molecule has 0 unspecified atom stereocenters. The molecule has 1 aliphatic rings. The zero-order chi connectivity index (χ0) is 20.3. The number of hydrogen-bond donors (Lipinski definition) is 2. The Morgan fingerprint density at radius 1 is 0.963 bits per heavy atom. The van der Waals surface area contributed by atoms with Crippen molar-refractivity contribution < 1.29 is 41.1 Å². The predicted molar refractivity (Wildman–Crippen MR) is 98.5 cm³/mol. The summed E-state index contributed by atoms with van der Waals surface area (Å²) in [6, 6.07) is 0.929. The Kier molecular flexibility index (Phi) is 10.1. The normalized spacial score (nSPS) is 20.3. The van der Waals surface area contributed by atoms with E-state index in [1.807, 2.05) is 0 Å². The second-order valence-corrected chi connectivity index (χ2v) is 8.71. The molecule has 1 aromatic rings. The molecule has 0 spiro atoms. The second-order valence-electron chi connectivity index (χ2n) is 7.01. The van der Waals surface area contributed by atoms with Gasteiger partial charge in [0.05, 0.1) is 0 Å². The molecule has 27 heavy (non-hydrogen) atoms. The first kappa shape index (κ1) is 26.5. The van der Waals surface area contributed by atoms with Crippen molar-refractivity contribution in [1.29, 1.82) is 0 Å². The quantitative estimate of drug-likeness (QED) is 0.611. The summed E-state index contributed by atoms with van der Waals surface area (Å²) in [6.45, 7) is 10.9. The Morgan fingerprint density at radius 3 is 1.81 bits per heavy atom. The monoisotopic (exact) mass is 496 g/mol. The second kappa shape index (κ2) is 10.3. The molecule has 0 saturated heterocycles. The molecule has 0 bridgehead atoms. The van der Waals surface area contributed by atoms with Crippen LogP contribution in [0, 0.1) is 34.6 Å². The molecular formula is C18H29F3N2O2RuS. The first-order valence-electron chi connectivity index (χ1n) is 8.66. The molecule has 0 amide bonds. The molecule has 9 heteroatoms. The maximum absolute atomic E-state index is 12.0. The van der Waals surface area contributed by atoms with E-state index in [4.69, 9.17) is 5.73 Å². The molecule has 2 atom stereocenters. The third kappa shape index (κ3) is 7.11. The third-order valence-corrected chi connectivity index (χ3v) is 6.39. The minimum Gasteiger partial charge on any atom is -0.326 e. The summed E-state index contributed by atoms with van der Waals surface area (Å²) in [4.78, 5) is 0.